The van der Waals surface area contributed by atoms with E-state index in [4.69, 9.17) is 0 Å². The number of nitrogens with one attached hydrogen (secondary N) is 2. The fourth-order valence-electron chi connectivity index (χ4n) is 0.224. The van der Waals surface area contributed by atoms with E-state index in [0.29, 0.717) is 0 Å². The van der Waals surface area contributed by atoms with Crippen molar-refractivity contribution in [3.8, 4) is 0 Å². The number of carbonyl (C=O) groups excluding carboxylic acids is 2. The average Bonchev–Trinajstić information content (AvgIpc) is 2.04. The molecule has 6 heteroatoms. The zero-order valence-corrected chi connectivity index (χ0v) is 7.84. The first-order chi connectivity index (χ1) is 5.45. The SMILES string of the molecule is CNC(=O)N(C)C.CNC(N)=O. The van der Waals surface area contributed by atoms with Gasteiger partial charge in [0.25, 0.3) is 0 Å². The van der Waals surface area contributed by atoms with Gasteiger partial charge in [-0.25, -0.2) is 9.59 Å². The van der Waals surface area contributed by atoms with Crippen LogP contribution in [-0.2, 0) is 0 Å². The Morgan fingerprint density at radius 3 is 1.50 bits per heavy atom. The van der Waals surface area contributed by atoms with Crippen molar-refractivity contribution in [2.75, 3.05) is 28.2 Å². The van der Waals surface area contributed by atoms with Crippen LogP contribution in [0.3, 0.4) is 0 Å². The van der Waals surface area contributed by atoms with Gasteiger partial charge in [0.15, 0.2) is 0 Å². The summed E-state index contributed by atoms with van der Waals surface area (Å²) in [6, 6.07) is -0.565. The van der Waals surface area contributed by atoms with E-state index in [0.717, 1.165) is 0 Å². The van der Waals surface area contributed by atoms with Gasteiger partial charge in [-0.05, 0) is 0 Å². The minimum absolute atomic E-state index is 0.0694. The van der Waals surface area contributed by atoms with Gasteiger partial charge in [-0.2, -0.15) is 0 Å². The molecule has 0 spiro atoms. The maximum absolute atomic E-state index is 10.3. The summed E-state index contributed by atoms with van der Waals surface area (Å²) < 4.78 is 0. The summed E-state index contributed by atoms with van der Waals surface area (Å²) in [5.74, 6) is 0. The molecule has 72 valence electrons. The van der Waals surface area contributed by atoms with Crippen molar-refractivity contribution in [2.45, 2.75) is 0 Å². The molecule has 0 aromatic rings. The van der Waals surface area contributed by atoms with Crippen LogP contribution in [0, 0.1) is 0 Å². The molecule has 0 aliphatic carbocycles. The van der Waals surface area contributed by atoms with Crippen LogP contribution in [0.1, 0.15) is 0 Å². The molecular formula is C6H16N4O2. The number of urea groups is 2. The van der Waals surface area contributed by atoms with Crippen LogP contribution in [0.4, 0.5) is 9.59 Å². The molecule has 4 N–H and O–H groups in total. The Hall–Kier alpha value is -1.46. The summed E-state index contributed by atoms with van der Waals surface area (Å²) in [4.78, 5) is 21.3. The van der Waals surface area contributed by atoms with Crippen molar-refractivity contribution in [1.82, 2.24) is 15.5 Å². The van der Waals surface area contributed by atoms with Crippen molar-refractivity contribution >= 4 is 12.1 Å². The van der Waals surface area contributed by atoms with Crippen molar-refractivity contribution in [2.24, 2.45) is 5.73 Å². The summed E-state index contributed by atoms with van der Waals surface area (Å²) in [5, 5.41) is 4.62. The van der Waals surface area contributed by atoms with Gasteiger partial charge in [-0.15, -0.1) is 0 Å². The third-order valence-corrected chi connectivity index (χ3v) is 0.866. The van der Waals surface area contributed by atoms with Crippen LogP contribution in [0.25, 0.3) is 0 Å². The van der Waals surface area contributed by atoms with Gasteiger partial charge in [0, 0.05) is 28.2 Å². The zero-order valence-electron chi connectivity index (χ0n) is 7.84. The minimum Gasteiger partial charge on any atom is -0.352 e. The minimum atomic E-state index is -0.495. The average molecular weight is 176 g/mol. The largest absolute Gasteiger partial charge is 0.352 e. The Labute approximate surface area is 72.1 Å². The second kappa shape index (κ2) is 7.64. The monoisotopic (exact) mass is 176 g/mol. The van der Waals surface area contributed by atoms with Gasteiger partial charge in [0.05, 0.1) is 0 Å². The highest BCUT2D eigenvalue weighted by molar-refractivity contribution is 5.72. The standard InChI is InChI=1S/C4H10N2O.C2H6N2O/c1-5-4(7)6(2)3;1-4-2(3)5/h1-3H3,(H,5,7);1H3,(H3,3,4,5). The number of carbonyl (C=O) groups is 2. The van der Waals surface area contributed by atoms with E-state index in [9.17, 15) is 9.59 Å². The van der Waals surface area contributed by atoms with Gasteiger partial charge >= 0.3 is 12.1 Å². The van der Waals surface area contributed by atoms with Gasteiger partial charge < -0.3 is 21.3 Å². The lowest BCUT2D eigenvalue weighted by molar-refractivity contribution is 0.219. The third kappa shape index (κ3) is 11.4. The second-order valence-electron chi connectivity index (χ2n) is 2.06. The third-order valence-electron chi connectivity index (χ3n) is 0.866. The van der Waals surface area contributed by atoms with Gasteiger partial charge in [-0.3, -0.25) is 0 Å². The summed E-state index contributed by atoms with van der Waals surface area (Å²) in [6.07, 6.45) is 0. The molecule has 6 nitrogen and oxygen atoms in total. The first-order valence-corrected chi connectivity index (χ1v) is 3.31. The number of rotatable bonds is 0. The molecule has 0 aromatic heterocycles. The van der Waals surface area contributed by atoms with Crippen LogP contribution in [0.5, 0.6) is 0 Å². The molecule has 12 heavy (non-hydrogen) atoms. The Balaban J connectivity index is 0. The molecule has 0 atom stereocenters. The van der Waals surface area contributed by atoms with E-state index in [1.807, 2.05) is 0 Å². The van der Waals surface area contributed by atoms with Crippen LogP contribution in [0.2, 0.25) is 0 Å². The Kier molecular flexibility index (Phi) is 8.38. The van der Waals surface area contributed by atoms with Crippen molar-refractivity contribution in [3.63, 3.8) is 0 Å². The summed E-state index contributed by atoms with van der Waals surface area (Å²) in [6.45, 7) is 0. The van der Waals surface area contributed by atoms with Crippen LogP contribution in [0.15, 0.2) is 0 Å². The van der Waals surface area contributed by atoms with Crippen LogP contribution in [-0.4, -0.2) is 45.2 Å². The number of primary amides is 1. The summed E-state index contributed by atoms with van der Waals surface area (Å²) in [7, 11) is 6.46. The normalized spacial score (nSPS) is 7.33. The fourth-order valence-corrected chi connectivity index (χ4v) is 0.224. The smallest absolute Gasteiger partial charge is 0.316 e. The molecule has 0 unspecified atom stereocenters. The molecule has 0 heterocycles. The van der Waals surface area contributed by atoms with Gasteiger partial charge in [0.1, 0.15) is 0 Å². The maximum Gasteiger partial charge on any atom is 0.316 e. The quantitative estimate of drug-likeness (QED) is 0.450. The molecule has 0 aliphatic rings. The number of nitrogens with two attached hydrogens (primary N) is 1. The topological polar surface area (TPSA) is 87.5 Å². The molecule has 0 fully saturated rings. The zero-order chi connectivity index (χ0) is 10.1. The van der Waals surface area contributed by atoms with Crippen LogP contribution < -0.4 is 16.4 Å². The lowest BCUT2D eigenvalue weighted by Gasteiger charge is -2.06. The van der Waals surface area contributed by atoms with Gasteiger partial charge in [-0.1, -0.05) is 0 Å². The Bertz CT molecular complexity index is 146. The first kappa shape index (κ1) is 13.2. The molecule has 0 bridgehead atoms. The lowest BCUT2D eigenvalue weighted by atomic mass is 10.8. The van der Waals surface area contributed by atoms with E-state index in [-0.39, 0.29) is 6.03 Å². The highest BCUT2D eigenvalue weighted by atomic mass is 16.2. The van der Waals surface area contributed by atoms with E-state index >= 15 is 0 Å². The summed E-state index contributed by atoms with van der Waals surface area (Å²) in [5.41, 5.74) is 4.54. The van der Waals surface area contributed by atoms with Crippen molar-refractivity contribution in [3.05, 3.63) is 0 Å². The van der Waals surface area contributed by atoms with Gasteiger partial charge in [0.2, 0.25) is 0 Å². The van der Waals surface area contributed by atoms with Crippen molar-refractivity contribution < 1.29 is 9.59 Å². The van der Waals surface area contributed by atoms with E-state index in [2.05, 4.69) is 16.4 Å². The molecule has 0 aromatic carbocycles. The maximum atomic E-state index is 10.3. The Morgan fingerprint density at radius 2 is 1.50 bits per heavy atom. The molecular weight excluding hydrogens is 160 g/mol. The first-order valence-electron chi connectivity index (χ1n) is 3.31. The molecule has 0 rings (SSSR count). The molecule has 4 amide bonds. The number of hydrogen-bond acceptors (Lipinski definition) is 2. The molecule has 0 saturated carbocycles. The predicted molar refractivity (Wildman–Crippen MR) is 46.8 cm³/mol. The van der Waals surface area contributed by atoms with E-state index in [1.54, 1.807) is 21.1 Å². The number of amides is 4. The molecule has 0 aliphatic heterocycles. The van der Waals surface area contributed by atoms with Crippen LogP contribution >= 0.6 is 0 Å². The Morgan fingerprint density at radius 1 is 1.17 bits per heavy atom. The predicted octanol–water partition coefficient (Wildman–Crippen LogP) is -0.828. The molecule has 0 saturated heterocycles. The van der Waals surface area contributed by atoms with Crippen molar-refractivity contribution in [1.29, 1.82) is 0 Å². The molecule has 0 radical (unpaired) electrons. The van der Waals surface area contributed by atoms with E-state index in [1.165, 1.54) is 11.9 Å². The highest BCUT2D eigenvalue weighted by Gasteiger charge is 1.94. The number of hydrogen-bond donors (Lipinski definition) is 3. The second-order valence-corrected chi connectivity index (χ2v) is 2.06. The highest BCUT2D eigenvalue weighted by Crippen LogP contribution is 1.70. The summed E-state index contributed by atoms with van der Waals surface area (Å²) >= 11 is 0. The fraction of sp³-hybridized carbons (Fsp3) is 0.667. The lowest BCUT2D eigenvalue weighted by Crippen LogP contribution is -2.31. The number of nitrogens with zero attached hydrogens (tertiary/aromatic N) is 1. The van der Waals surface area contributed by atoms with E-state index < -0.39 is 6.03 Å².